The quantitative estimate of drug-likeness (QED) is 0.540. The Bertz CT molecular complexity index is 714. The molecule has 6 heteroatoms. The zero-order chi connectivity index (χ0) is 18.8. The van der Waals surface area contributed by atoms with Gasteiger partial charge in [-0.25, -0.2) is 4.79 Å². The van der Waals surface area contributed by atoms with Crippen LogP contribution in [0.25, 0.3) is 0 Å². The molecule has 2 rings (SSSR count). The van der Waals surface area contributed by atoms with Crippen molar-refractivity contribution in [1.29, 1.82) is 0 Å². The molecule has 5 nitrogen and oxygen atoms in total. The lowest BCUT2D eigenvalue weighted by Crippen LogP contribution is -2.25. The molecule has 0 aliphatic heterocycles. The molecule has 2 aromatic rings. The molecule has 0 aliphatic carbocycles. The van der Waals surface area contributed by atoms with Gasteiger partial charge in [0.25, 0.3) is 0 Å². The summed E-state index contributed by atoms with van der Waals surface area (Å²) in [7, 11) is 3.00. The fraction of sp³-hybridized carbons (Fsp3) is 0.300. The summed E-state index contributed by atoms with van der Waals surface area (Å²) in [5, 5.41) is 2.92. The highest BCUT2D eigenvalue weighted by atomic mass is 32.2. The highest BCUT2D eigenvalue weighted by molar-refractivity contribution is 7.99. The number of esters is 1. The van der Waals surface area contributed by atoms with Crippen molar-refractivity contribution in [2.24, 2.45) is 0 Å². The predicted molar refractivity (Wildman–Crippen MR) is 103 cm³/mol. The highest BCUT2D eigenvalue weighted by Gasteiger charge is 2.05. The average Bonchev–Trinajstić information content (AvgIpc) is 2.68. The smallest absolute Gasteiger partial charge is 0.337 e. The summed E-state index contributed by atoms with van der Waals surface area (Å²) in [5.74, 6) is 1.24. The Balaban J connectivity index is 1.64. The number of nitrogens with one attached hydrogen (secondary N) is 1. The molecule has 1 amide bonds. The molecule has 1 N–H and O–H groups in total. The number of methoxy groups -OCH3 is 2. The van der Waals surface area contributed by atoms with E-state index in [1.165, 1.54) is 7.11 Å². The van der Waals surface area contributed by atoms with Crippen LogP contribution in [0.5, 0.6) is 5.75 Å². The molecule has 0 spiro atoms. The van der Waals surface area contributed by atoms with Gasteiger partial charge in [-0.05, 0) is 48.4 Å². The molecular formula is C20H23NO4S. The van der Waals surface area contributed by atoms with Crippen molar-refractivity contribution in [2.75, 3.05) is 26.5 Å². The molecule has 0 bridgehead atoms. The first-order chi connectivity index (χ1) is 12.6. The SMILES string of the molecule is COC(=O)c1ccc(CCNC(=O)CCSc2ccc(OC)cc2)cc1. The van der Waals surface area contributed by atoms with Crippen molar-refractivity contribution < 1.29 is 19.1 Å². The number of benzene rings is 2. The zero-order valence-electron chi connectivity index (χ0n) is 15.0. The van der Waals surface area contributed by atoms with Gasteiger partial charge in [0, 0.05) is 23.6 Å². The van der Waals surface area contributed by atoms with Crippen LogP contribution in [0.15, 0.2) is 53.4 Å². The number of hydrogen-bond acceptors (Lipinski definition) is 5. The van der Waals surface area contributed by atoms with Crippen molar-refractivity contribution >= 4 is 23.6 Å². The Kier molecular flexibility index (Phi) is 8.02. The van der Waals surface area contributed by atoms with Gasteiger partial charge in [0.05, 0.1) is 19.8 Å². The van der Waals surface area contributed by atoms with Crippen LogP contribution < -0.4 is 10.1 Å². The number of hydrogen-bond donors (Lipinski definition) is 1. The van der Waals surface area contributed by atoms with Gasteiger partial charge < -0.3 is 14.8 Å². The lowest BCUT2D eigenvalue weighted by molar-refractivity contribution is -0.120. The molecule has 0 atom stereocenters. The number of thioether (sulfide) groups is 1. The predicted octanol–water partition coefficient (Wildman–Crippen LogP) is 3.32. The van der Waals surface area contributed by atoms with E-state index in [4.69, 9.17) is 4.74 Å². The molecule has 138 valence electrons. The van der Waals surface area contributed by atoms with Crippen LogP contribution in [0.3, 0.4) is 0 Å². The zero-order valence-corrected chi connectivity index (χ0v) is 15.8. The van der Waals surface area contributed by atoms with Crippen LogP contribution in [0.1, 0.15) is 22.3 Å². The largest absolute Gasteiger partial charge is 0.497 e. The van der Waals surface area contributed by atoms with E-state index in [0.29, 0.717) is 18.5 Å². The third kappa shape index (κ3) is 6.44. The van der Waals surface area contributed by atoms with E-state index in [9.17, 15) is 9.59 Å². The first-order valence-corrected chi connectivity index (χ1v) is 9.31. The van der Waals surface area contributed by atoms with Crippen molar-refractivity contribution in [3.05, 3.63) is 59.7 Å². The van der Waals surface area contributed by atoms with E-state index >= 15 is 0 Å². The minimum absolute atomic E-state index is 0.0391. The summed E-state index contributed by atoms with van der Waals surface area (Å²) in [6, 6.07) is 15.0. The molecule has 2 aromatic carbocycles. The summed E-state index contributed by atoms with van der Waals surface area (Å²) in [5.41, 5.74) is 1.58. The number of amides is 1. The van der Waals surface area contributed by atoms with Crippen LogP contribution in [0.4, 0.5) is 0 Å². The van der Waals surface area contributed by atoms with E-state index in [2.05, 4.69) is 10.1 Å². The molecule has 0 aromatic heterocycles. The van der Waals surface area contributed by atoms with Gasteiger partial charge in [0.1, 0.15) is 5.75 Å². The van der Waals surface area contributed by atoms with Crippen molar-refractivity contribution in [3.63, 3.8) is 0 Å². The number of carbonyl (C=O) groups is 2. The van der Waals surface area contributed by atoms with Crippen LogP contribution in [-0.2, 0) is 16.0 Å². The third-order valence-electron chi connectivity index (χ3n) is 3.77. The van der Waals surface area contributed by atoms with Crippen LogP contribution in [-0.4, -0.2) is 38.4 Å². The van der Waals surface area contributed by atoms with Gasteiger partial charge in [-0.15, -0.1) is 11.8 Å². The highest BCUT2D eigenvalue weighted by Crippen LogP contribution is 2.21. The number of rotatable bonds is 9. The first kappa shape index (κ1) is 19.8. The van der Waals surface area contributed by atoms with Gasteiger partial charge >= 0.3 is 5.97 Å². The number of carbonyl (C=O) groups excluding carboxylic acids is 2. The van der Waals surface area contributed by atoms with E-state index in [-0.39, 0.29) is 11.9 Å². The Morgan fingerprint density at radius 2 is 1.69 bits per heavy atom. The third-order valence-corrected chi connectivity index (χ3v) is 4.78. The monoisotopic (exact) mass is 373 g/mol. The summed E-state index contributed by atoms with van der Waals surface area (Å²) in [6.45, 7) is 0.573. The standard InChI is InChI=1S/C20H23NO4S/c1-24-17-7-9-18(10-8-17)26-14-12-19(22)21-13-11-15-3-5-16(6-4-15)20(23)25-2/h3-10H,11-14H2,1-2H3,(H,21,22). The molecule has 0 heterocycles. The molecular weight excluding hydrogens is 350 g/mol. The Morgan fingerprint density at radius 3 is 2.31 bits per heavy atom. The van der Waals surface area contributed by atoms with E-state index in [0.717, 1.165) is 28.4 Å². The molecule has 0 saturated carbocycles. The Morgan fingerprint density at radius 1 is 1.00 bits per heavy atom. The van der Waals surface area contributed by atoms with E-state index in [1.54, 1.807) is 31.0 Å². The van der Waals surface area contributed by atoms with Gasteiger partial charge in [0.15, 0.2) is 0 Å². The van der Waals surface area contributed by atoms with Crippen molar-refractivity contribution in [3.8, 4) is 5.75 Å². The Labute approximate surface area is 158 Å². The maximum atomic E-state index is 11.9. The molecule has 0 saturated heterocycles. The minimum atomic E-state index is -0.348. The van der Waals surface area contributed by atoms with Gasteiger partial charge in [0.2, 0.25) is 5.91 Å². The molecule has 0 fully saturated rings. The summed E-state index contributed by atoms with van der Waals surface area (Å²) in [4.78, 5) is 24.4. The topological polar surface area (TPSA) is 64.6 Å². The first-order valence-electron chi connectivity index (χ1n) is 8.33. The van der Waals surface area contributed by atoms with Gasteiger partial charge in [-0.2, -0.15) is 0 Å². The van der Waals surface area contributed by atoms with Crippen LogP contribution >= 0.6 is 11.8 Å². The van der Waals surface area contributed by atoms with E-state index < -0.39 is 0 Å². The maximum Gasteiger partial charge on any atom is 0.337 e. The van der Waals surface area contributed by atoms with Crippen molar-refractivity contribution in [2.45, 2.75) is 17.7 Å². The second-order valence-electron chi connectivity index (χ2n) is 5.56. The van der Waals surface area contributed by atoms with Gasteiger partial charge in [-0.1, -0.05) is 12.1 Å². The molecule has 0 aliphatic rings. The van der Waals surface area contributed by atoms with Crippen LogP contribution in [0, 0.1) is 0 Å². The van der Waals surface area contributed by atoms with Crippen molar-refractivity contribution in [1.82, 2.24) is 5.32 Å². The summed E-state index contributed by atoms with van der Waals surface area (Å²) < 4.78 is 9.79. The lowest BCUT2D eigenvalue weighted by atomic mass is 10.1. The summed E-state index contributed by atoms with van der Waals surface area (Å²) >= 11 is 1.64. The summed E-state index contributed by atoms with van der Waals surface area (Å²) in [6.07, 6.45) is 1.19. The minimum Gasteiger partial charge on any atom is -0.497 e. The van der Waals surface area contributed by atoms with E-state index in [1.807, 2.05) is 36.4 Å². The second kappa shape index (κ2) is 10.5. The lowest BCUT2D eigenvalue weighted by Gasteiger charge is -2.07. The normalized spacial score (nSPS) is 10.2. The second-order valence-corrected chi connectivity index (χ2v) is 6.73. The fourth-order valence-electron chi connectivity index (χ4n) is 2.29. The molecule has 0 unspecified atom stereocenters. The molecule has 0 radical (unpaired) electrons. The Hall–Kier alpha value is -2.47. The average molecular weight is 373 g/mol. The fourth-order valence-corrected chi connectivity index (χ4v) is 3.15. The number of ether oxygens (including phenoxy) is 2. The van der Waals surface area contributed by atoms with Crippen LogP contribution in [0.2, 0.25) is 0 Å². The molecule has 26 heavy (non-hydrogen) atoms. The maximum absolute atomic E-state index is 11.9. The van der Waals surface area contributed by atoms with Gasteiger partial charge in [-0.3, -0.25) is 4.79 Å².